The molecule has 3 aliphatic carbocycles. The van der Waals surface area contributed by atoms with Gasteiger partial charge < -0.3 is 14.2 Å². The van der Waals surface area contributed by atoms with Crippen LogP contribution in [0.15, 0.2) is 12.2 Å². The van der Waals surface area contributed by atoms with E-state index in [1.165, 1.54) is 0 Å². The van der Waals surface area contributed by atoms with E-state index in [0.717, 1.165) is 12.8 Å². The lowest BCUT2D eigenvalue weighted by molar-refractivity contribution is -0.171. The molecule has 0 N–H and O–H groups in total. The maximum Gasteiger partial charge on any atom is 0.310 e. The summed E-state index contributed by atoms with van der Waals surface area (Å²) in [6.45, 7) is 3.57. The highest BCUT2D eigenvalue weighted by atomic mass is 16.7. The molecule has 0 aromatic rings. The fraction of sp³-hybridized carbons (Fsp3) is 0.786. The molecule has 4 heteroatoms. The number of hydrogen-bond acceptors (Lipinski definition) is 4. The van der Waals surface area contributed by atoms with E-state index >= 15 is 0 Å². The summed E-state index contributed by atoms with van der Waals surface area (Å²) < 4.78 is 16.5. The van der Waals surface area contributed by atoms with Crippen molar-refractivity contribution in [3.8, 4) is 0 Å². The Balaban J connectivity index is 1.83. The zero-order valence-corrected chi connectivity index (χ0v) is 10.7. The number of allylic oxidation sites excluding steroid dienone is 2. The van der Waals surface area contributed by atoms with Gasteiger partial charge in [-0.15, -0.1) is 0 Å². The van der Waals surface area contributed by atoms with E-state index in [1.54, 1.807) is 0 Å². The Kier molecular flexibility index (Phi) is 3.39. The third-order valence-electron chi connectivity index (χ3n) is 4.33. The van der Waals surface area contributed by atoms with Crippen molar-refractivity contribution in [3.63, 3.8) is 0 Å². The maximum absolute atomic E-state index is 12.2. The van der Waals surface area contributed by atoms with Crippen molar-refractivity contribution in [3.05, 3.63) is 12.2 Å². The lowest BCUT2D eigenvalue weighted by Crippen LogP contribution is -2.47. The molecule has 0 amide bonds. The van der Waals surface area contributed by atoms with Crippen molar-refractivity contribution in [2.75, 3.05) is 19.8 Å². The average molecular weight is 252 g/mol. The van der Waals surface area contributed by atoms with Crippen LogP contribution in [0.5, 0.6) is 0 Å². The van der Waals surface area contributed by atoms with Gasteiger partial charge in [-0.3, -0.25) is 4.79 Å². The molecule has 0 aromatic carbocycles. The molecule has 4 unspecified atom stereocenters. The van der Waals surface area contributed by atoms with Crippen LogP contribution in [-0.4, -0.2) is 32.1 Å². The van der Waals surface area contributed by atoms with Gasteiger partial charge in [0.15, 0.2) is 6.29 Å². The third-order valence-corrected chi connectivity index (χ3v) is 4.33. The van der Waals surface area contributed by atoms with E-state index in [1.807, 2.05) is 6.92 Å². The summed E-state index contributed by atoms with van der Waals surface area (Å²) in [7, 11) is 0. The molecular weight excluding hydrogens is 232 g/mol. The van der Waals surface area contributed by atoms with Crippen LogP contribution >= 0.6 is 0 Å². The predicted molar refractivity (Wildman–Crippen MR) is 64.7 cm³/mol. The molecule has 1 aliphatic heterocycles. The topological polar surface area (TPSA) is 44.8 Å². The molecule has 1 saturated heterocycles. The van der Waals surface area contributed by atoms with Crippen molar-refractivity contribution in [2.24, 2.45) is 23.7 Å². The number of rotatable bonds is 3. The number of hydrogen-bond donors (Lipinski definition) is 0. The number of fused-ring (bicyclic) bond motifs is 2. The summed E-state index contributed by atoms with van der Waals surface area (Å²) in [5.41, 5.74) is 0. The van der Waals surface area contributed by atoms with Crippen molar-refractivity contribution >= 4 is 5.97 Å². The van der Waals surface area contributed by atoms with Gasteiger partial charge in [0.05, 0.1) is 25.7 Å². The molecule has 2 bridgehead atoms. The summed E-state index contributed by atoms with van der Waals surface area (Å²) in [5.74, 6) is 0.659. The minimum atomic E-state index is -0.225. The molecule has 4 rings (SSSR count). The van der Waals surface area contributed by atoms with E-state index < -0.39 is 0 Å². The molecule has 0 aromatic heterocycles. The van der Waals surface area contributed by atoms with E-state index in [-0.39, 0.29) is 24.1 Å². The molecule has 2 fully saturated rings. The third kappa shape index (κ3) is 1.97. The Morgan fingerprint density at radius 2 is 1.89 bits per heavy atom. The van der Waals surface area contributed by atoms with Gasteiger partial charge in [-0.1, -0.05) is 12.2 Å². The summed E-state index contributed by atoms with van der Waals surface area (Å²) in [6, 6.07) is 0. The first-order chi connectivity index (χ1) is 8.81. The van der Waals surface area contributed by atoms with Gasteiger partial charge in [-0.05, 0) is 31.6 Å². The number of esters is 1. The largest absolute Gasteiger partial charge is 0.466 e. The van der Waals surface area contributed by atoms with Crippen LogP contribution in [0.4, 0.5) is 0 Å². The lowest BCUT2D eigenvalue weighted by Gasteiger charge is -2.45. The molecule has 1 heterocycles. The molecule has 4 nitrogen and oxygen atoms in total. The molecule has 18 heavy (non-hydrogen) atoms. The van der Waals surface area contributed by atoms with Crippen LogP contribution in [0.3, 0.4) is 0 Å². The zero-order valence-electron chi connectivity index (χ0n) is 10.7. The van der Waals surface area contributed by atoms with Gasteiger partial charge in [-0.25, -0.2) is 0 Å². The van der Waals surface area contributed by atoms with Gasteiger partial charge in [-0.2, -0.15) is 0 Å². The van der Waals surface area contributed by atoms with E-state index in [0.29, 0.717) is 31.7 Å². The Morgan fingerprint density at radius 3 is 2.50 bits per heavy atom. The van der Waals surface area contributed by atoms with Gasteiger partial charge in [0.25, 0.3) is 0 Å². The second-order valence-corrected chi connectivity index (χ2v) is 5.26. The van der Waals surface area contributed by atoms with E-state index in [9.17, 15) is 4.79 Å². The van der Waals surface area contributed by atoms with Crippen molar-refractivity contribution < 1.29 is 19.0 Å². The smallest absolute Gasteiger partial charge is 0.310 e. The number of ether oxygens (including phenoxy) is 3. The Morgan fingerprint density at radius 1 is 1.22 bits per heavy atom. The monoisotopic (exact) mass is 252 g/mol. The molecule has 100 valence electrons. The fourth-order valence-electron chi connectivity index (χ4n) is 3.57. The molecule has 1 saturated carbocycles. The maximum atomic E-state index is 12.2. The summed E-state index contributed by atoms with van der Waals surface area (Å²) in [5, 5.41) is 0. The summed E-state index contributed by atoms with van der Waals surface area (Å²) in [6.07, 6.45) is 6.40. The van der Waals surface area contributed by atoms with Crippen LogP contribution in [0.2, 0.25) is 0 Å². The SMILES string of the molecule is CCOC(=O)C1C2C=CC(CC2)C1C1OCCO1. The second-order valence-electron chi connectivity index (χ2n) is 5.26. The van der Waals surface area contributed by atoms with Crippen LogP contribution < -0.4 is 0 Å². The van der Waals surface area contributed by atoms with Crippen molar-refractivity contribution in [1.29, 1.82) is 0 Å². The Hall–Kier alpha value is -0.870. The first-order valence-electron chi connectivity index (χ1n) is 6.89. The molecule has 4 atom stereocenters. The molecule has 0 spiro atoms. The highest BCUT2D eigenvalue weighted by Crippen LogP contribution is 2.48. The van der Waals surface area contributed by atoms with Crippen molar-refractivity contribution in [1.82, 2.24) is 0 Å². The highest BCUT2D eigenvalue weighted by molar-refractivity contribution is 5.74. The Labute approximate surface area is 107 Å². The Bertz CT molecular complexity index is 346. The summed E-state index contributed by atoms with van der Waals surface area (Å²) >= 11 is 0. The zero-order chi connectivity index (χ0) is 12.5. The van der Waals surface area contributed by atoms with Crippen LogP contribution in [0.1, 0.15) is 19.8 Å². The van der Waals surface area contributed by atoms with E-state index in [4.69, 9.17) is 14.2 Å². The number of carbonyl (C=O) groups excluding carboxylic acids is 1. The van der Waals surface area contributed by atoms with Crippen LogP contribution in [0, 0.1) is 23.7 Å². The lowest BCUT2D eigenvalue weighted by atomic mass is 9.62. The minimum Gasteiger partial charge on any atom is -0.466 e. The second kappa shape index (κ2) is 5.02. The fourth-order valence-corrected chi connectivity index (χ4v) is 3.57. The highest BCUT2D eigenvalue weighted by Gasteiger charge is 2.50. The van der Waals surface area contributed by atoms with Crippen LogP contribution in [-0.2, 0) is 19.0 Å². The number of carbonyl (C=O) groups is 1. The van der Waals surface area contributed by atoms with E-state index in [2.05, 4.69) is 12.2 Å². The van der Waals surface area contributed by atoms with Crippen LogP contribution in [0.25, 0.3) is 0 Å². The van der Waals surface area contributed by atoms with Crippen molar-refractivity contribution in [2.45, 2.75) is 26.1 Å². The quantitative estimate of drug-likeness (QED) is 0.567. The molecule has 4 aliphatic rings. The summed E-state index contributed by atoms with van der Waals surface area (Å²) in [4.78, 5) is 12.2. The first kappa shape index (κ1) is 12.2. The van der Waals surface area contributed by atoms with Gasteiger partial charge in [0.1, 0.15) is 0 Å². The first-order valence-corrected chi connectivity index (χ1v) is 6.89. The van der Waals surface area contributed by atoms with Gasteiger partial charge in [0, 0.05) is 5.92 Å². The van der Waals surface area contributed by atoms with Gasteiger partial charge in [0.2, 0.25) is 0 Å². The average Bonchev–Trinajstić information content (AvgIpc) is 2.93. The minimum absolute atomic E-state index is 0.0827. The molecular formula is C14H20O4. The standard InChI is InChI=1S/C14H20O4/c1-2-16-13(15)11-9-3-5-10(6-4-9)12(11)14-17-7-8-18-14/h3,5,9-12,14H,2,4,6-8H2,1H3. The normalized spacial score (nSPS) is 39.2. The van der Waals surface area contributed by atoms with Gasteiger partial charge >= 0.3 is 5.97 Å². The predicted octanol–water partition coefficient (Wildman–Crippen LogP) is 1.75. The molecule has 0 radical (unpaired) electrons.